The van der Waals surface area contributed by atoms with Crippen LogP contribution >= 0.6 is 0 Å². The summed E-state index contributed by atoms with van der Waals surface area (Å²) < 4.78 is 7.42. The highest BCUT2D eigenvalue weighted by atomic mass is 16.5. The summed E-state index contributed by atoms with van der Waals surface area (Å²) >= 11 is 0. The van der Waals surface area contributed by atoms with Gasteiger partial charge >= 0.3 is 0 Å². The molecular weight excluding hydrogens is 226 g/mol. The van der Waals surface area contributed by atoms with Crippen molar-refractivity contribution in [2.75, 3.05) is 0 Å². The summed E-state index contributed by atoms with van der Waals surface area (Å²) in [7, 11) is 1.87. The van der Waals surface area contributed by atoms with E-state index >= 15 is 0 Å². The lowest BCUT2D eigenvalue weighted by Crippen LogP contribution is -1.96. The monoisotopic (exact) mass is 239 g/mol. The van der Waals surface area contributed by atoms with Gasteiger partial charge in [-0.15, -0.1) is 0 Å². The minimum Gasteiger partial charge on any atom is -0.486 e. The smallest absolute Gasteiger partial charge is 0.157 e. The van der Waals surface area contributed by atoms with Gasteiger partial charge in [-0.2, -0.15) is 5.10 Å². The predicted molar refractivity (Wildman–Crippen MR) is 69.3 cm³/mol. The van der Waals surface area contributed by atoms with Gasteiger partial charge in [-0.25, -0.2) is 0 Å². The van der Waals surface area contributed by atoms with E-state index in [4.69, 9.17) is 4.74 Å². The average molecular weight is 239 g/mol. The van der Waals surface area contributed by atoms with Crippen molar-refractivity contribution in [3.05, 3.63) is 54.5 Å². The minimum atomic E-state index is 0.500. The van der Waals surface area contributed by atoms with Crippen LogP contribution in [0.1, 0.15) is 5.56 Å². The zero-order valence-corrected chi connectivity index (χ0v) is 10.1. The van der Waals surface area contributed by atoms with Gasteiger partial charge in [0, 0.05) is 24.2 Å². The summed E-state index contributed by atoms with van der Waals surface area (Å²) in [6, 6.07) is 10.1. The van der Waals surface area contributed by atoms with Gasteiger partial charge in [0.1, 0.15) is 6.61 Å². The Kier molecular flexibility index (Phi) is 2.68. The highest BCUT2D eigenvalue weighted by molar-refractivity contribution is 5.81. The molecule has 0 saturated heterocycles. The number of hydrogen-bond acceptors (Lipinski definition) is 3. The van der Waals surface area contributed by atoms with Crippen LogP contribution in [0.15, 0.2) is 48.9 Å². The van der Waals surface area contributed by atoms with Crippen LogP contribution in [0.25, 0.3) is 10.9 Å². The van der Waals surface area contributed by atoms with Crippen LogP contribution < -0.4 is 4.74 Å². The molecule has 2 heterocycles. The first-order valence-corrected chi connectivity index (χ1v) is 5.77. The number of para-hydroxylation sites is 1. The third kappa shape index (κ3) is 2.05. The van der Waals surface area contributed by atoms with Gasteiger partial charge < -0.3 is 4.74 Å². The number of benzene rings is 1. The largest absolute Gasteiger partial charge is 0.486 e. The van der Waals surface area contributed by atoms with Gasteiger partial charge in [-0.1, -0.05) is 24.3 Å². The summed E-state index contributed by atoms with van der Waals surface area (Å²) in [5.74, 6) is 0.769. The fraction of sp³-hybridized carbons (Fsp3) is 0.143. The van der Waals surface area contributed by atoms with Crippen LogP contribution in [-0.2, 0) is 13.7 Å². The molecule has 0 unspecified atom stereocenters. The van der Waals surface area contributed by atoms with E-state index in [1.54, 1.807) is 17.1 Å². The first-order chi connectivity index (χ1) is 8.83. The molecule has 3 rings (SSSR count). The lowest BCUT2D eigenvalue weighted by molar-refractivity contribution is 0.307. The quantitative estimate of drug-likeness (QED) is 0.705. The van der Waals surface area contributed by atoms with Gasteiger partial charge in [0.2, 0.25) is 0 Å². The molecule has 4 heteroatoms. The van der Waals surface area contributed by atoms with Gasteiger partial charge in [-0.3, -0.25) is 9.67 Å². The molecule has 1 aromatic carbocycles. The SMILES string of the molecule is Cn1cc(OCc2cccc3cccnc23)cn1. The number of fused-ring (bicyclic) bond motifs is 1. The van der Waals surface area contributed by atoms with E-state index in [0.717, 1.165) is 22.2 Å². The standard InChI is InChI=1S/C14H13N3O/c1-17-9-13(8-16-17)18-10-12-5-2-4-11-6-3-7-15-14(11)12/h2-9H,10H2,1H3. The van der Waals surface area contributed by atoms with E-state index in [9.17, 15) is 0 Å². The Labute approximate surface area is 105 Å². The summed E-state index contributed by atoms with van der Waals surface area (Å²) in [6.45, 7) is 0.500. The molecule has 0 fully saturated rings. The zero-order chi connectivity index (χ0) is 12.4. The summed E-state index contributed by atoms with van der Waals surface area (Å²) in [4.78, 5) is 4.40. The highest BCUT2D eigenvalue weighted by Crippen LogP contribution is 2.18. The number of nitrogens with zero attached hydrogens (tertiary/aromatic N) is 3. The van der Waals surface area contributed by atoms with Crippen molar-refractivity contribution in [1.29, 1.82) is 0 Å². The predicted octanol–water partition coefficient (Wildman–Crippen LogP) is 2.55. The van der Waals surface area contributed by atoms with Crippen molar-refractivity contribution in [1.82, 2.24) is 14.8 Å². The molecule has 18 heavy (non-hydrogen) atoms. The van der Waals surface area contributed by atoms with E-state index < -0.39 is 0 Å². The Hall–Kier alpha value is -2.36. The Morgan fingerprint density at radius 3 is 2.94 bits per heavy atom. The first-order valence-electron chi connectivity index (χ1n) is 5.77. The van der Waals surface area contributed by atoms with E-state index in [-0.39, 0.29) is 0 Å². The third-order valence-electron chi connectivity index (χ3n) is 2.79. The molecule has 0 radical (unpaired) electrons. The summed E-state index contributed by atoms with van der Waals surface area (Å²) in [5, 5.41) is 5.20. The topological polar surface area (TPSA) is 39.9 Å². The maximum Gasteiger partial charge on any atom is 0.157 e. The number of pyridine rings is 1. The van der Waals surface area contributed by atoms with E-state index in [2.05, 4.69) is 22.2 Å². The Morgan fingerprint density at radius 2 is 2.11 bits per heavy atom. The second-order valence-electron chi connectivity index (χ2n) is 4.13. The van der Waals surface area contributed by atoms with Crippen LogP contribution in [-0.4, -0.2) is 14.8 Å². The Balaban J connectivity index is 1.86. The average Bonchev–Trinajstić information content (AvgIpc) is 2.82. The zero-order valence-electron chi connectivity index (χ0n) is 10.1. The maximum atomic E-state index is 5.70. The molecule has 0 aliphatic heterocycles. The van der Waals surface area contributed by atoms with Crippen molar-refractivity contribution >= 4 is 10.9 Å². The maximum absolute atomic E-state index is 5.70. The molecule has 90 valence electrons. The van der Waals surface area contributed by atoms with Crippen molar-refractivity contribution in [3.8, 4) is 5.75 Å². The number of aryl methyl sites for hydroxylation is 1. The molecule has 0 N–H and O–H groups in total. The van der Waals surface area contributed by atoms with E-state index in [0.29, 0.717) is 6.61 Å². The van der Waals surface area contributed by atoms with Crippen LogP contribution in [0.5, 0.6) is 5.75 Å². The van der Waals surface area contributed by atoms with Gasteiger partial charge in [0.25, 0.3) is 0 Å². The molecular formula is C14H13N3O. The van der Waals surface area contributed by atoms with Crippen LogP contribution in [0.4, 0.5) is 0 Å². The molecule has 0 aliphatic rings. The molecule has 0 bridgehead atoms. The van der Waals surface area contributed by atoms with Gasteiger partial charge in [0.15, 0.2) is 5.75 Å². The second-order valence-corrected chi connectivity index (χ2v) is 4.13. The Bertz CT molecular complexity index is 670. The van der Waals surface area contributed by atoms with Crippen LogP contribution in [0.2, 0.25) is 0 Å². The van der Waals surface area contributed by atoms with Crippen molar-refractivity contribution in [3.63, 3.8) is 0 Å². The molecule has 0 aliphatic carbocycles. The van der Waals surface area contributed by atoms with E-state index in [1.807, 2.05) is 31.4 Å². The lowest BCUT2D eigenvalue weighted by atomic mass is 10.1. The van der Waals surface area contributed by atoms with Crippen LogP contribution in [0, 0.1) is 0 Å². The van der Waals surface area contributed by atoms with Crippen molar-refractivity contribution < 1.29 is 4.74 Å². The van der Waals surface area contributed by atoms with Crippen molar-refractivity contribution in [2.45, 2.75) is 6.61 Å². The number of rotatable bonds is 3. The molecule has 2 aromatic heterocycles. The lowest BCUT2D eigenvalue weighted by Gasteiger charge is -2.06. The fourth-order valence-electron chi connectivity index (χ4n) is 1.92. The molecule has 0 spiro atoms. The number of hydrogen-bond donors (Lipinski definition) is 0. The molecule has 4 nitrogen and oxygen atoms in total. The molecule has 3 aromatic rings. The number of ether oxygens (including phenoxy) is 1. The molecule has 0 saturated carbocycles. The third-order valence-corrected chi connectivity index (χ3v) is 2.79. The van der Waals surface area contributed by atoms with Crippen LogP contribution in [0.3, 0.4) is 0 Å². The highest BCUT2D eigenvalue weighted by Gasteiger charge is 2.03. The second kappa shape index (κ2) is 4.49. The van der Waals surface area contributed by atoms with E-state index in [1.165, 1.54) is 0 Å². The normalized spacial score (nSPS) is 10.7. The number of aromatic nitrogens is 3. The van der Waals surface area contributed by atoms with Gasteiger partial charge in [-0.05, 0) is 6.07 Å². The van der Waals surface area contributed by atoms with Crippen molar-refractivity contribution in [2.24, 2.45) is 7.05 Å². The summed E-state index contributed by atoms with van der Waals surface area (Å²) in [6.07, 6.45) is 5.35. The first kappa shape index (κ1) is 10.8. The van der Waals surface area contributed by atoms with Gasteiger partial charge in [0.05, 0.1) is 17.9 Å². The molecule has 0 amide bonds. The summed E-state index contributed by atoms with van der Waals surface area (Å²) in [5.41, 5.74) is 2.07. The fourth-order valence-corrected chi connectivity index (χ4v) is 1.92. The Morgan fingerprint density at radius 1 is 1.22 bits per heavy atom. The molecule has 0 atom stereocenters. The minimum absolute atomic E-state index is 0.500.